The predicted molar refractivity (Wildman–Crippen MR) is 134 cm³/mol. The maximum Gasteiger partial charge on any atom is 0.394 e. The van der Waals surface area contributed by atoms with Crippen molar-refractivity contribution in [1.82, 2.24) is 40.4 Å². The van der Waals surface area contributed by atoms with Crippen LogP contribution in [0.15, 0.2) is 23.1 Å². The normalized spacial score (nSPS) is 19.0. The Morgan fingerprint density at radius 2 is 2.02 bits per heavy atom. The van der Waals surface area contributed by atoms with Gasteiger partial charge in [-0.3, -0.25) is 4.79 Å². The van der Waals surface area contributed by atoms with Crippen molar-refractivity contribution in [2.75, 3.05) is 26.8 Å². The number of aromatic nitrogens is 5. The molecule has 2 N–H and O–H groups in total. The van der Waals surface area contributed by atoms with Crippen molar-refractivity contribution in [2.24, 2.45) is 5.41 Å². The fraction of sp³-hybridized carbons (Fsp3) is 0.600. The van der Waals surface area contributed by atoms with Gasteiger partial charge in [0.15, 0.2) is 11.3 Å². The molecule has 12 nitrogen and oxygen atoms in total. The van der Waals surface area contributed by atoms with Gasteiger partial charge in [-0.1, -0.05) is 19.0 Å². The number of methoxy groups -OCH3 is 1. The lowest BCUT2D eigenvalue weighted by Gasteiger charge is -2.38. The molecule has 3 aromatic heterocycles. The van der Waals surface area contributed by atoms with Crippen molar-refractivity contribution in [3.8, 4) is 0 Å². The van der Waals surface area contributed by atoms with Gasteiger partial charge in [0.1, 0.15) is 5.69 Å². The van der Waals surface area contributed by atoms with Crippen molar-refractivity contribution in [2.45, 2.75) is 63.2 Å². The highest BCUT2D eigenvalue weighted by Gasteiger charge is 2.49. The largest absolute Gasteiger partial charge is 0.394 e. The third kappa shape index (κ3) is 6.00. The number of halogens is 5. The number of alkyl halides is 5. The van der Waals surface area contributed by atoms with Crippen LogP contribution >= 0.6 is 0 Å². The molecular formula is C25H29F5N8O4. The van der Waals surface area contributed by atoms with Crippen LogP contribution in [-0.4, -0.2) is 80.7 Å². The molecular weight excluding hydrogens is 571 g/mol. The van der Waals surface area contributed by atoms with Gasteiger partial charge in [-0.2, -0.15) is 18.3 Å². The van der Waals surface area contributed by atoms with Crippen molar-refractivity contribution < 1.29 is 40.9 Å². The zero-order chi connectivity index (χ0) is 30.4. The summed E-state index contributed by atoms with van der Waals surface area (Å²) in [6.07, 6.45) is -0.886. The summed E-state index contributed by atoms with van der Waals surface area (Å²) >= 11 is 0. The smallest absolute Gasteiger partial charge is 0.382 e. The molecule has 2 unspecified atom stereocenters. The number of rotatable bonds is 10. The maximum atomic E-state index is 14.1. The van der Waals surface area contributed by atoms with Gasteiger partial charge in [-0.15, -0.1) is 0 Å². The molecule has 1 saturated heterocycles. The average Bonchev–Trinajstić information content (AvgIpc) is 3.46. The Kier molecular flexibility index (Phi) is 7.57. The van der Waals surface area contributed by atoms with Gasteiger partial charge in [0.2, 0.25) is 0 Å². The number of ether oxygens (including phenoxy) is 1. The Bertz CT molecular complexity index is 1470. The molecule has 1 saturated carbocycles. The number of nitrogens with zero attached hydrogens (tertiary/aromatic N) is 6. The van der Waals surface area contributed by atoms with Crippen molar-refractivity contribution in [3.63, 3.8) is 0 Å². The highest BCUT2D eigenvalue weighted by molar-refractivity contribution is 5.93. The van der Waals surface area contributed by atoms with Gasteiger partial charge in [-0.25, -0.2) is 27.7 Å². The minimum atomic E-state index is -4.60. The first-order valence-corrected chi connectivity index (χ1v) is 13.2. The zero-order valence-corrected chi connectivity index (χ0v) is 22.9. The summed E-state index contributed by atoms with van der Waals surface area (Å²) < 4.78 is 81.1. The molecule has 2 atom stereocenters. The van der Waals surface area contributed by atoms with Crippen molar-refractivity contribution >= 4 is 17.6 Å². The molecule has 0 radical (unpaired) electrons. The number of carbonyl (C=O) groups is 2. The van der Waals surface area contributed by atoms with Gasteiger partial charge in [-0.05, 0) is 30.5 Å². The summed E-state index contributed by atoms with van der Waals surface area (Å²) in [5, 5.41) is 16.4. The molecule has 1 aliphatic heterocycles. The summed E-state index contributed by atoms with van der Waals surface area (Å²) in [6, 6.07) is -1.43. The Morgan fingerprint density at radius 3 is 2.69 bits per heavy atom. The van der Waals surface area contributed by atoms with Crippen molar-refractivity contribution in [1.29, 1.82) is 0 Å². The van der Waals surface area contributed by atoms with E-state index in [1.54, 1.807) is 0 Å². The predicted octanol–water partition coefficient (Wildman–Crippen LogP) is 3.79. The van der Waals surface area contributed by atoms with E-state index < -0.39 is 61.0 Å². The van der Waals surface area contributed by atoms with Gasteiger partial charge >= 0.3 is 12.2 Å². The molecule has 5 rings (SSSR count). The Balaban J connectivity index is 1.47. The van der Waals surface area contributed by atoms with E-state index in [4.69, 9.17) is 9.37 Å². The van der Waals surface area contributed by atoms with E-state index in [1.165, 1.54) is 30.1 Å². The van der Waals surface area contributed by atoms with E-state index in [0.29, 0.717) is 11.3 Å². The van der Waals surface area contributed by atoms with Crippen LogP contribution in [0.1, 0.15) is 78.6 Å². The van der Waals surface area contributed by atoms with Crippen LogP contribution in [0.5, 0.6) is 0 Å². The SMILES string of the molecule is COCC(c1cnn2cc(C(CC(C)(C)C(F)(F)F)NC(=O)c3nonc3C3CC3)nc2c1)N1CC(F)(F)CNC1=O. The van der Waals surface area contributed by atoms with Crippen LogP contribution in [0.25, 0.3) is 5.65 Å². The lowest BCUT2D eigenvalue weighted by molar-refractivity contribution is -0.215. The van der Waals surface area contributed by atoms with Crippen LogP contribution in [0.2, 0.25) is 0 Å². The van der Waals surface area contributed by atoms with Crippen LogP contribution in [0, 0.1) is 5.41 Å². The standard InChI is InChI=1S/C25H29F5N8O4/c1-23(2,25(28,29)30)7-15(34-21(39)20-19(13-4-5-13)35-42-36-20)16-9-38-18(33-16)6-14(8-32-38)17(10-41-3)37-12-24(26,27)11-31-22(37)40/h6,8-9,13,15,17H,4-5,7,10-12H2,1-3H3,(H,31,40)(H,34,39). The second kappa shape index (κ2) is 10.7. The molecule has 4 heterocycles. The molecule has 42 heavy (non-hydrogen) atoms. The van der Waals surface area contributed by atoms with E-state index in [2.05, 4.69) is 31.0 Å². The summed E-state index contributed by atoms with van der Waals surface area (Å²) in [6.45, 7) is 0.248. The van der Waals surface area contributed by atoms with E-state index >= 15 is 0 Å². The second-order valence-corrected chi connectivity index (χ2v) is 11.3. The molecule has 3 amide bonds. The van der Waals surface area contributed by atoms with Crippen molar-refractivity contribution in [3.05, 3.63) is 41.1 Å². The minimum absolute atomic E-state index is 0.00172. The average molecular weight is 601 g/mol. The van der Waals surface area contributed by atoms with E-state index in [-0.39, 0.29) is 29.6 Å². The molecule has 228 valence electrons. The maximum absolute atomic E-state index is 14.1. The summed E-state index contributed by atoms with van der Waals surface area (Å²) in [5.74, 6) is -3.93. The van der Waals surface area contributed by atoms with Crippen LogP contribution < -0.4 is 10.6 Å². The highest BCUT2D eigenvalue weighted by atomic mass is 19.4. The van der Waals surface area contributed by atoms with Crippen LogP contribution in [0.4, 0.5) is 26.7 Å². The topological polar surface area (TPSA) is 140 Å². The molecule has 0 spiro atoms. The quantitative estimate of drug-likeness (QED) is 0.335. The molecule has 0 aromatic carbocycles. The number of fused-ring (bicyclic) bond motifs is 1. The summed E-state index contributed by atoms with van der Waals surface area (Å²) in [5.41, 5.74) is -1.45. The number of imidazole rings is 1. The first-order chi connectivity index (χ1) is 19.7. The summed E-state index contributed by atoms with van der Waals surface area (Å²) in [7, 11) is 1.35. The molecule has 0 bridgehead atoms. The zero-order valence-electron chi connectivity index (χ0n) is 22.9. The van der Waals surface area contributed by atoms with Gasteiger partial charge in [0.05, 0.1) is 55.3 Å². The van der Waals surface area contributed by atoms with Gasteiger partial charge in [0, 0.05) is 18.6 Å². The molecule has 3 aromatic rings. The third-order valence-electron chi connectivity index (χ3n) is 7.44. The van der Waals surface area contributed by atoms with E-state index in [9.17, 15) is 31.5 Å². The number of carbonyl (C=O) groups excluding carboxylic acids is 2. The monoisotopic (exact) mass is 600 g/mol. The lowest BCUT2D eigenvalue weighted by atomic mass is 9.84. The Labute approximate surface area is 235 Å². The first-order valence-electron chi connectivity index (χ1n) is 13.2. The van der Waals surface area contributed by atoms with E-state index in [0.717, 1.165) is 31.6 Å². The Morgan fingerprint density at radius 1 is 1.29 bits per heavy atom. The fourth-order valence-electron chi connectivity index (χ4n) is 4.78. The van der Waals surface area contributed by atoms with Gasteiger partial charge < -0.3 is 20.3 Å². The van der Waals surface area contributed by atoms with Crippen LogP contribution in [-0.2, 0) is 4.74 Å². The number of amides is 3. The Hall–Kier alpha value is -3.89. The van der Waals surface area contributed by atoms with Crippen LogP contribution in [0.3, 0.4) is 0 Å². The lowest BCUT2D eigenvalue weighted by Crippen LogP contribution is -2.58. The molecule has 1 aliphatic carbocycles. The number of nitrogens with one attached hydrogen (secondary N) is 2. The highest BCUT2D eigenvalue weighted by Crippen LogP contribution is 2.44. The summed E-state index contributed by atoms with van der Waals surface area (Å²) in [4.78, 5) is 31.0. The molecule has 2 aliphatic rings. The number of hydrogen-bond donors (Lipinski definition) is 2. The third-order valence-corrected chi connectivity index (χ3v) is 7.44. The first kappa shape index (κ1) is 29.6. The molecule has 2 fully saturated rings. The number of hydrogen-bond acceptors (Lipinski definition) is 8. The van der Waals surface area contributed by atoms with Gasteiger partial charge in [0.25, 0.3) is 11.8 Å². The molecule has 17 heteroatoms. The fourth-order valence-corrected chi connectivity index (χ4v) is 4.78. The minimum Gasteiger partial charge on any atom is -0.382 e. The second-order valence-electron chi connectivity index (χ2n) is 11.3. The number of urea groups is 1. The van der Waals surface area contributed by atoms with E-state index in [1.807, 2.05) is 0 Å².